The number of sulfonamides is 1. The van der Waals surface area contributed by atoms with Crippen LogP contribution in [0.1, 0.15) is 50.8 Å². The van der Waals surface area contributed by atoms with E-state index in [4.69, 9.17) is 5.73 Å². The Hall–Kier alpha value is -0.850. The van der Waals surface area contributed by atoms with E-state index in [0.717, 1.165) is 31.4 Å². The normalized spacial score (nSPS) is 21.7. The van der Waals surface area contributed by atoms with Crippen molar-refractivity contribution in [3.63, 3.8) is 0 Å². The molecule has 20 heavy (non-hydrogen) atoms. The van der Waals surface area contributed by atoms with Gasteiger partial charge in [0.2, 0.25) is 10.0 Å². The standard InChI is InChI=1S/C14H23N3O2S/c1-10(11-3-2-4-11)16-20(18,19)14-7-13(8-15)17(9-14)12-5-6-12/h7,9-12,16H,2-6,8,15H2,1H3. The molecule has 0 spiro atoms. The average molecular weight is 297 g/mol. The molecule has 3 N–H and O–H groups in total. The third-order valence-electron chi connectivity index (χ3n) is 4.56. The van der Waals surface area contributed by atoms with Crippen LogP contribution in [0.15, 0.2) is 17.2 Å². The molecule has 0 radical (unpaired) electrons. The number of rotatable bonds is 6. The SMILES string of the molecule is CC(NS(=O)(=O)c1cc(CN)n(C2CC2)c1)C1CCC1. The quantitative estimate of drug-likeness (QED) is 0.839. The minimum atomic E-state index is -3.42. The maximum absolute atomic E-state index is 12.4. The summed E-state index contributed by atoms with van der Waals surface area (Å²) in [5.41, 5.74) is 6.62. The maximum Gasteiger partial charge on any atom is 0.242 e. The zero-order valence-corrected chi connectivity index (χ0v) is 12.7. The molecule has 2 aliphatic rings. The van der Waals surface area contributed by atoms with Crippen molar-refractivity contribution in [3.05, 3.63) is 18.0 Å². The van der Waals surface area contributed by atoms with E-state index in [1.165, 1.54) is 6.42 Å². The molecule has 0 saturated heterocycles. The van der Waals surface area contributed by atoms with E-state index in [1.807, 2.05) is 11.5 Å². The second kappa shape index (κ2) is 5.16. The van der Waals surface area contributed by atoms with Crippen LogP contribution in [0.25, 0.3) is 0 Å². The van der Waals surface area contributed by atoms with Crippen molar-refractivity contribution in [1.29, 1.82) is 0 Å². The lowest BCUT2D eigenvalue weighted by atomic mass is 9.81. The Balaban J connectivity index is 1.79. The lowest BCUT2D eigenvalue weighted by Crippen LogP contribution is -2.40. The molecule has 1 unspecified atom stereocenters. The highest BCUT2D eigenvalue weighted by Crippen LogP contribution is 2.37. The van der Waals surface area contributed by atoms with Crippen LogP contribution >= 0.6 is 0 Å². The summed E-state index contributed by atoms with van der Waals surface area (Å²) in [6, 6.07) is 2.18. The van der Waals surface area contributed by atoms with Crippen LogP contribution in [-0.4, -0.2) is 19.0 Å². The van der Waals surface area contributed by atoms with Gasteiger partial charge in [-0.3, -0.25) is 0 Å². The summed E-state index contributed by atoms with van der Waals surface area (Å²) in [4.78, 5) is 0.357. The molecule has 1 atom stereocenters. The molecule has 112 valence electrons. The van der Waals surface area contributed by atoms with E-state index < -0.39 is 10.0 Å². The van der Waals surface area contributed by atoms with Gasteiger partial charge in [-0.05, 0) is 44.6 Å². The first-order chi connectivity index (χ1) is 9.51. The molecule has 2 fully saturated rings. The van der Waals surface area contributed by atoms with Gasteiger partial charge in [-0.1, -0.05) is 6.42 Å². The molecule has 2 aliphatic carbocycles. The number of nitrogens with one attached hydrogen (secondary N) is 1. The van der Waals surface area contributed by atoms with Crippen LogP contribution in [0.4, 0.5) is 0 Å². The zero-order chi connectivity index (χ0) is 14.3. The number of hydrogen-bond donors (Lipinski definition) is 2. The van der Waals surface area contributed by atoms with E-state index in [1.54, 1.807) is 12.3 Å². The van der Waals surface area contributed by atoms with Crippen LogP contribution in [-0.2, 0) is 16.6 Å². The first kappa shape index (κ1) is 14.1. The smallest absolute Gasteiger partial charge is 0.242 e. The molecule has 6 heteroatoms. The van der Waals surface area contributed by atoms with Crippen molar-refractivity contribution in [2.75, 3.05) is 0 Å². The molecule has 1 aromatic rings. The zero-order valence-electron chi connectivity index (χ0n) is 11.9. The summed E-state index contributed by atoms with van der Waals surface area (Å²) in [6.45, 7) is 2.34. The minimum Gasteiger partial charge on any atom is -0.346 e. The van der Waals surface area contributed by atoms with Crippen LogP contribution in [0.3, 0.4) is 0 Å². The molecule has 1 aromatic heterocycles. The van der Waals surface area contributed by atoms with Gasteiger partial charge in [-0.2, -0.15) is 0 Å². The summed E-state index contributed by atoms with van der Waals surface area (Å²) in [6.07, 6.45) is 7.45. The van der Waals surface area contributed by atoms with Gasteiger partial charge in [0.15, 0.2) is 0 Å². The van der Waals surface area contributed by atoms with E-state index >= 15 is 0 Å². The Morgan fingerprint density at radius 3 is 2.60 bits per heavy atom. The van der Waals surface area contributed by atoms with Crippen molar-refractivity contribution in [2.45, 2.75) is 62.6 Å². The molecule has 2 saturated carbocycles. The first-order valence-electron chi connectivity index (χ1n) is 7.44. The summed E-state index contributed by atoms with van der Waals surface area (Å²) in [5, 5.41) is 0. The highest BCUT2D eigenvalue weighted by molar-refractivity contribution is 7.89. The van der Waals surface area contributed by atoms with E-state index in [2.05, 4.69) is 4.72 Å². The van der Waals surface area contributed by atoms with Gasteiger partial charge in [0.25, 0.3) is 0 Å². The number of nitrogens with two attached hydrogens (primary N) is 1. The predicted octanol–water partition coefficient (Wildman–Crippen LogP) is 1.75. The van der Waals surface area contributed by atoms with Gasteiger partial charge >= 0.3 is 0 Å². The molecule has 0 amide bonds. The maximum atomic E-state index is 12.4. The topological polar surface area (TPSA) is 77.1 Å². The fourth-order valence-electron chi connectivity index (χ4n) is 2.85. The summed E-state index contributed by atoms with van der Waals surface area (Å²) in [7, 11) is -3.42. The van der Waals surface area contributed by atoms with E-state index in [9.17, 15) is 8.42 Å². The average Bonchev–Trinajstić information content (AvgIpc) is 3.04. The first-order valence-corrected chi connectivity index (χ1v) is 8.92. The lowest BCUT2D eigenvalue weighted by Gasteiger charge is -2.31. The van der Waals surface area contributed by atoms with Gasteiger partial charge in [-0.25, -0.2) is 13.1 Å². The fourth-order valence-corrected chi connectivity index (χ4v) is 4.21. The minimum absolute atomic E-state index is 0.0133. The number of hydrogen-bond acceptors (Lipinski definition) is 3. The van der Waals surface area contributed by atoms with Crippen molar-refractivity contribution in [1.82, 2.24) is 9.29 Å². The van der Waals surface area contributed by atoms with Crippen molar-refractivity contribution in [2.24, 2.45) is 11.7 Å². The van der Waals surface area contributed by atoms with Gasteiger partial charge < -0.3 is 10.3 Å². The van der Waals surface area contributed by atoms with Crippen LogP contribution in [0.5, 0.6) is 0 Å². The third kappa shape index (κ3) is 2.64. The Morgan fingerprint density at radius 2 is 2.10 bits per heavy atom. The summed E-state index contributed by atoms with van der Waals surface area (Å²) >= 11 is 0. The van der Waals surface area contributed by atoms with Crippen LogP contribution < -0.4 is 10.5 Å². The van der Waals surface area contributed by atoms with Crippen molar-refractivity contribution in [3.8, 4) is 0 Å². The van der Waals surface area contributed by atoms with Crippen LogP contribution in [0, 0.1) is 5.92 Å². The molecule has 0 aromatic carbocycles. The van der Waals surface area contributed by atoms with E-state index in [0.29, 0.717) is 23.4 Å². The Bertz CT molecular complexity index is 586. The third-order valence-corrected chi connectivity index (χ3v) is 6.09. The second-order valence-electron chi connectivity index (χ2n) is 6.11. The van der Waals surface area contributed by atoms with Gasteiger partial charge in [0, 0.05) is 30.5 Å². The Kier molecular flexibility index (Phi) is 3.64. The lowest BCUT2D eigenvalue weighted by molar-refractivity contribution is 0.260. The fraction of sp³-hybridized carbons (Fsp3) is 0.714. The van der Waals surface area contributed by atoms with Gasteiger partial charge in [-0.15, -0.1) is 0 Å². The summed E-state index contributed by atoms with van der Waals surface area (Å²) < 4.78 is 29.7. The molecule has 0 aliphatic heterocycles. The molecule has 5 nitrogen and oxygen atoms in total. The second-order valence-corrected chi connectivity index (χ2v) is 7.82. The van der Waals surface area contributed by atoms with Crippen molar-refractivity contribution < 1.29 is 8.42 Å². The Morgan fingerprint density at radius 1 is 1.40 bits per heavy atom. The summed E-state index contributed by atoms with van der Waals surface area (Å²) in [5.74, 6) is 0.490. The van der Waals surface area contributed by atoms with Gasteiger partial charge in [0.1, 0.15) is 0 Å². The number of nitrogens with zero attached hydrogens (tertiary/aromatic N) is 1. The molecule has 0 bridgehead atoms. The molecular formula is C14H23N3O2S. The highest BCUT2D eigenvalue weighted by Gasteiger charge is 2.31. The monoisotopic (exact) mass is 297 g/mol. The van der Waals surface area contributed by atoms with Crippen molar-refractivity contribution >= 4 is 10.0 Å². The molecule has 1 heterocycles. The predicted molar refractivity (Wildman–Crippen MR) is 77.7 cm³/mol. The van der Waals surface area contributed by atoms with Gasteiger partial charge in [0.05, 0.1) is 4.90 Å². The highest BCUT2D eigenvalue weighted by atomic mass is 32.2. The Labute approximate surface area is 120 Å². The van der Waals surface area contributed by atoms with E-state index in [-0.39, 0.29) is 6.04 Å². The molecule has 3 rings (SSSR count). The largest absolute Gasteiger partial charge is 0.346 e. The molecular weight excluding hydrogens is 274 g/mol. The van der Waals surface area contributed by atoms with Crippen LogP contribution in [0.2, 0.25) is 0 Å². The number of aromatic nitrogens is 1.